The number of halogens is 2. The lowest BCUT2D eigenvalue weighted by Crippen LogP contribution is -2.37. The highest BCUT2D eigenvalue weighted by Gasteiger charge is 2.25. The maximum atomic E-state index is 12.5. The Morgan fingerprint density at radius 2 is 1.79 bits per heavy atom. The fourth-order valence-corrected chi connectivity index (χ4v) is 3.89. The Morgan fingerprint density at radius 1 is 1.12 bits per heavy atom. The third-order valence-electron chi connectivity index (χ3n) is 4.42. The van der Waals surface area contributed by atoms with Gasteiger partial charge in [-0.1, -0.05) is 41.9 Å². The molecule has 0 aliphatic carbocycles. The molecule has 1 atom stereocenters. The Bertz CT molecular complexity index is 716. The Kier molecular flexibility index (Phi) is 5.93. The topological polar surface area (TPSA) is 32.3 Å². The van der Waals surface area contributed by atoms with Gasteiger partial charge in [0, 0.05) is 16.0 Å². The first-order valence-corrected chi connectivity index (χ1v) is 9.35. The van der Waals surface area contributed by atoms with Gasteiger partial charge in [-0.25, -0.2) is 0 Å². The molecule has 1 aliphatic heterocycles. The molecule has 0 aromatic heterocycles. The average Bonchev–Trinajstić information content (AvgIpc) is 3.11. The lowest BCUT2D eigenvalue weighted by Gasteiger charge is -2.29. The van der Waals surface area contributed by atoms with E-state index in [1.54, 1.807) is 0 Å². The molecule has 3 rings (SSSR count). The summed E-state index contributed by atoms with van der Waals surface area (Å²) in [5.74, 6) is -0.0706. The molecule has 1 heterocycles. The number of carbonyl (C=O) groups is 1. The molecule has 126 valence electrons. The molecule has 5 heteroatoms. The van der Waals surface area contributed by atoms with Crippen LogP contribution in [0.15, 0.2) is 53.0 Å². The predicted molar refractivity (Wildman–Crippen MR) is 101 cm³/mol. The van der Waals surface area contributed by atoms with E-state index >= 15 is 0 Å². The molecule has 2 aromatic carbocycles. The van der Waals surface area contributed by atoms with E-state index in [0.717, 1.165) is 28.1 Å². The molecule has 1 aliphatic rings. The van der Waals surface area contributed by atoms with E-state index in [4.69, 9.17) is 11.6 Å². The van der Waals surface area contributed by atoms with Crippen molar-refractivity contribution in [1.29, 1.82) is 0 Å². The summed E-state index contributed by atoms with van der Waals surface area (Å²) >= 11 is 9.84. The normalized spacial score (nSPS) is 16.1. The summed E-state index contributed by atoms with van der Waals surface area (Å²) in [6.07, 6.45) is 2.39. The summed E-state index contributed by atoms with van der Waals surface area (Å²) < 4.78 is 0.804. The van der Waals surface area contributed by atoms with Crippen LogP contribution in [0.1, 0.15) is 34.8 Å². The first kappa shape index (κ1) is 17.5. The minimum absolute atomic E-state index is 0.0706. The van der Waals surface area contributed by atoms with E-state index in [0.29, 0.717) is 12.1 Å². The van der Waals surface area contributed by atoms with E-state index in [1.807, 2.05) is 42.5 Å². The lowest BCUT2D eigenvalue weighted by molar-refractivity contribution is 0.0937. The van der Waals surface area contributed by atoms with Crippen LogP contribution in [0.2, 0.25) is 5.02 Å². The fourth-order valence-electron chi connectivity index (χ4n) is 3.16. The van der Waals surface area contributed by atoms with Gasteiger partial charge in [-0.3, -0.25) is 9.69 Å². The van der Waals surface area contributed by atoms with Crippen molar-refractivity contribution < 1.29 is 4.79 Å². The third kappa shape index (κ3) is 4.00. The number of nitrogens with one attached hydrogen (secondary N) is 1. The van der Waals surface area contributed by atoms with Gasteiger partial charge in [0.05, 0.1) is 11.6 Å². The molecule has 0 radical (unpaired) electrons. The standard InChI is InChI=1S/C19H20BrClN2O/c20-16-9-3-1-7-14(16)19(24)22-13-18(23-11-5-6-12-23)15-8-2-4-10-17(15)21/h1-4,7-10,18H,5-6,11-13H2,(H,22,24)/t18-/m0/s1. The Morgan fingerprint density at radius 3 is 2.50 bits per heavy atom. The number of benzene rings is 2. The van der Waals surface area contributed by atoms with Gasteiger partial charge in [0.1, 0.15) is 0 Å². The predicted octanol–water partition coefficient (Wildman–Crippen LogP) is 4.67. The number of nitrogens with zero attached hydrogens (tertiary/aromatic N) is 1. The highest BCUT2D eigenvalue weighted by Crippen LogP contribution is 2.29. The molecule has 0 saturated carbocycles. The third-order valence-corrected chi connectivity index (χ3v) is 5.46. The second-order valence-corrected chi connectivity index (χ2v) is 7.23. The van der Waals surface area contributed by atoms with Gasteiger partial charge in [-0.05, 0) is 65.6 Å². The molecule has 0 bridgehead atoms. The number of amides is 1. The van der Waals surface area contributed by atoms with Gasteiger partial charge in [0.15, 0.2) is 0 Å². The van der Waals surface area contributed by atoms with Crippen LogP contribution >= 0.6 is 27.5 Å². The van der Waals surface area contributed by atoms with Crippen LogP contribution in [0.3, 0.4) is 0 Å². The fraction of sp³-hybridized carbons (Fsp3) is 0.316. The monoisotopic (exact) mass is 406 g/mol. The summed E-state index contributed by atoms with van der Waals surface area (Å²) in [5.41, 5.74) is 1.73. The maximum Gasteiger partial charge on any atom is 0.252 e. The quantitative estimate of drug-likeness (QED) is 0.781. The number of carbonyl (C=O) groups excluding carboxylic acids is 1. The van der Waals surface area contributed by atoms with E-state index in [9.17, 15) is 4.79 Å². The van der Waals surface area contributed by atoms with Crippen LogP contribution in [0, 0.1) is 0 Å². The second kappa shape index (κ2) is 8.15. The van der Waals surface area contributed by atoms with Crippen molar-refractivity contribution in [2.75, 3.05) is 19.6 Å². The second-order valence-electron chi connectivity index (χ2n) is 5.97. The van der Waals surface area contributed by atoms with Gasteiger partial charge in [-0.15, -0.1) is 0 Å². The number of hydrogen-bond donors (Lipinski definition) is 1. The van der Waals surface area contributed by atoms with Crippen LogP contribution in [0.5, 0.6) is 0 Å². The van der Waals surface area contributed by atoms with Crippen molar-refractivity contribution in [3.63, 3.8) is 0 Å². The van der Waals surface area contributed by atoms with Crippen LogP contribution in [-0.4, -0.2) is 30.4 Å². The van der Waals surface area contributed by atoms with Gasteiger partial charge in [-0.2, -0.15) is 0 Å². The van der Waals surface area contributed by atoms with E-state index in [1.165, 1.54) is 12.8 Å². The van der Waals surface area contributed by atoms with Crippen molar-refractivity contribution >= 4 is 33.4 Å². The highest BCUT2D eigenvalue weighted by molar-refractivity contribution is 9.10. The molecule has 0 spiro atoms. The first-order chi connectivity index (χ1) is 11.7. The highest BCUT2D eigenvalue weighted by atomic mass is 79.9. The Hall–Kier alpha value is -1.36. The minimum atomic E-state index is -0.0706. The SMILES string of the molecule is O=C(NC[C@@H](c1ccccc1Cl)N1CCCC1)c1ccccc1Br. The van der Waals surface area contributed by atoms with E-state index in [-0.39, 0.29) is 11.9 Å². The largest absolute Gasteiger partial charge is 0.350 e. The van der Waals surface area contributed by atoms with Gasteiger partial charge < -0.3 is 5.32 Å². The lowest BCUT2D eigenvalue weighted by atomic mass is 10.0. The zero-order chi connectivity index (χ0) is 16.9. The molecule has 1 N–H and O–H groups in total. The van der Waals surface area contributed by atoms with E-state index in [2.05, 4.69) is 32.2 Å². The Labute approximate surface area is 156 Å². The molecule has 24 heavy (non-hydrogen) atoms. The zero-order valence-electron chi connectivity index (χ0n) is 13.3. The van der Waals surface area contributed by atoms with Crippen molar-refractivity contribution in [3.05, 3.63) is 69.2 Å². The Balaban J connectivity index is 1.76. The van der Waals surface area contributed by atoms with Crippen LogP contribution in [0.4, 0.5) is 0 Å². The van der Waals surface area contributed by atoms with Gasteiger partial charge in [0.25, 0.3) is 5.91 Å². The molecule has 0 unspecified atom stereocenters. The average molecular weight is 408 g/mol. The molecular weight excluding hydrogens is 388 g/mol. The van der Waals surface area contributed by atoms with E-state index < -0.39 is 0 Å². The van der Waals surface area contributed by atoms with Crippen LogP contribution in [0.25, 0.3) is 0 Å². The number of likely N-dealkylation sites (tertiary alicyclic amines) is 1. The first-order valence-electron chi connectivity index (χ1n) is 8.18. The van der Waals surface area contributed by atoms with Gasteiger partial charge >= 0.3 is 0 Å². The number of hydrogen-bond acceptors (Lipinski definition) is 2. The molecule has 2 aromatic rings. The molecule has 3 nitrogen and oxygen atoms in total. The number of rotatable bonds is 5. The molecule has 1 saturated heterocycles. The molecular formula is C19H20BrClN2O. The van der Waals surface area contributed by atoms with Crippen LogP contribution < -0.4 is 5.32 Å². The summed E-state index contributed by atoms with van der Waals surface area (Å²) in [5, 5.41) is 3.83. The van der Waals surface area contributed by atoms with Gasteiger partial charge in [0.2, 0.25) is 0 Å². The summed E-state index contributed by atoms with van der Waals surface area (Å²) in [6, 6.07) is 15.5. The van der Waals surface area contributed by atoms with Crippen molar-refractivity contribution in [3.8, 4) is 0 Å². The minimum Gasteiger partial charge on any atom is -0.350 e. The van der Waals surface area contributed by atoms with Crippen LogP contribution in [-0.2, 0) is 0 Å². The van der Waals surface area contributed by atoms with Crippen molar-refractivity contribution in [2.24, 2.45) is 0 Å². The maximum absolute atomic E-state index is 12.5. The van der Waals surface area contributed by atoms with Crippen molar-refractivity contribution in [1.82, 2.24) is 10.2 Å². The van der Waals surface area contributed by atoms with Crippen molar-refractivity contribution in [2.45, 2.75) is 18.9 Å². The summed E-state index contributed by atoms with van der Waals surface area (Å²) in [7, 11) is 0. The smallest absolute Gasteiger partial charge is 0.252 e. The molecule has 1 fully saturated rings. The zero-order valence-corrected chi connectivity index (χ0v) is 15.7. The summed E-state index contributed by atoms with van der Waals surface area (Å²) in [6.45, 7) is 2.63. The molecule has 1 amide bonds. The summed E-state index contributed by atoms with van der Waals surface area (Å²) in [4.78, 5) is 14.9.